The molecule has 2 atom stereocenters. The van der Waals surface area contributed by atoms with Crippen LogP contribution in [0.4, 0.5) is 0 Å². The molecule has 0 aromatic carbocycles. The molecule has 0 spiro atoms. The van der Waals surface area contributed by atoms with Gasteiger partial charge in [0.2, 0.25) is 0 Å². The van der Waals surface area contributed by atoms with Gasteiger partial charge in [-0.25, -0.2) is 0 Å². The van der Waals surface area contributed by atoms with E-state index in [1.165, 1.54) is 6.42 Å². The molecule has 0 bridgehead atoms. The Balaban J connectivity index is 3.43. The average molecular weight is 158 g/mol. The van der Waals surface area contributed by atoms with E-state index in [4.69, 9.17) is 5.73 Å². The van der Waals surface area contributed by atoms with E-state index in [0.717, 1.165) is 12.5 Å². The highest BCUT2D eigenvalue weighted by Crippen LogP contribution is 2.03. The summed E-state index contributed by atoms with van der Waals surface area (Å²) in [5.74, 6) is 0.766. The first kappa shape index (κ1) is 10.9. The molecule has 0 fully saturated rings. The van der Waals surface area contributed by atoms with E-state index in [0.29, 0.717) is 12.1 Å². The first-order valence-corrected chi connectivity index (χ1v) is 4.52. The number of hydrogen-bond donors (Lipinski definition) is 2. The number of rotatable bonds is 5. The van der Waals surface area contributed by atoms with Gasteiger partial charge in [0.25, 0.3) is 0 Å². The lowest BCUT2D eigenvalue weighted by atomic mass is 10.0. The van der Waals surface area contributed by atoms with Gasteiger partial charge in [-0.05, 0) is 26.2 Å². The number of hydrogen-bond acceptors (Lipinski definition) is 2. The van der Waals surface area contributed by atoms with Gasteiger partial charge in [-0.2, -0.15) is 0 Å². The SMILES string of the molecule is CC(C)CC(C)NC(C)CN. The predicted octanol–water partition coefficient (Wildman–Crippen LogP) is 1.36. The molecule has 0 rings (SSSR count). The summed E-state index contributed by atoms with van der Waals surface area (Å²) in [4.78, 5) is 0. The molecule has 68 valence electrons. The van der Waals surface area contributed by atoms with Crippen LogP contribution in [0.1, 0.15) is 34.1 Å². The summed E-state index contributed by atoms with van der Waals surface area (Å²) < 4.78 is 0. The highest BCUT2D eigenvalue weighted by Gasteiger charge is 2.06. The van der Waals surface area contributed by atoms with Crippen LogP contribution in [0.2, 0.25) is 0 Å². The lowest BCUT2D eigenvalue weighted by molar-refractivity contribution is 0.404. The molecular formula is C9H22N2. The van der Waals surface area contributed by atoms with Crippen molar-refractivity contribution >= 4 is 0 Å². The van der Waals surface area contributed by atoms with Crippen LogP contribution in [0.3, 0.4) is 0 Å². The molecule has 0 aromatic heterocycles. The second-order valence-corrected chi connectivity index (χ2v) is 3.83. The van der Waals surface area contributed by atoms with Crippen molar-refractivity contribution in [3.8, 4) is 0 Å². The fraction of sp³-hybridized carbons (Fsp3) is 1.00. The first-order valence-electron chi connectivity index (χ1n) is 4.52. The molecule has 0 saturated carbocycles. The lowest BCUT2D eigenvalue weighted by Crippen LogP contribution is -2.39. The fourth-order valence-electron chi connectivity index (χ4n) is 1.33. The quantitative estimate of drug-likeness (QED) is 0.634. The van der Waals surface area contributed by atoms with E-state index < -0.39 is 0 Å². The van der Waals surface area contributed by atoms with Crippen molar-refractivity contribution in [3.05, 3.63) is 0 Å². The summed E-state index contributed by atoms with van der Waals surface area (Å²) in [7, 11) is 0. The molecule has 0 aliphatic carbocycles. The summed E-state index contributed by atoms with van der Waals surface area (Å²) >= 11 is 0. The summed E-state index contributed by atoms with van der Waals surface area (Å²) in [5.41, 5.74) is 5.49. The highest BCUT2D eigenvalue weighted by atomic mass is 15.0. The van der Waals surface area contributed by atoms with Gasteiger partial charge in [0, 0.05) is 18.6 Å². The van der Waals surface area contributed by atoms with E-state index in [-0.39, 0.29) is 0 Å². The van der Waals surface area contributed by atoms with Gasteiger partial charge in [0.15, 0.2) is 0 Å². The fourth-order valence-corrected chi connectivity index (χ4v) is 1.33. The van der Waals surface area contributed by atoms with Crippen LogP contribution in [-0.2, 0) is 0 Å². The third-order valence-corrected chi connectivity index (χ3v) is 1.75. The van der Waals surface area contributed by atoms with Gasteiger partial charge in [0.05, 0.1) is 0 Å². The smallest absolute Gasteiger partial charge is 0.0164 e. The van der Waals surface area contributed by atoms with Crippen LogP contribution in [0.15, 0.2) is 0 Å². The molecule has 0 aromatic rings. The molecule has 3 N–H and O–H groups in total. The maximum Gasteiger partial charge on any atom is 0.0164 e. The minimum Gasteiger partial charge on any atom is -0.329 e. The topological polar surface area (TPSA) is 38.0 Å². The normalized spacial score (nSPS) is 16.9. The van der Waals surface area contributed by atoms with Crippen molar-refractivity contribution in [2.45, 2.75) is 46.2 Å². The molecule has 0 heterocycles. The van der Waals surface area contributed by atoms with Crippen LogP contribution < -0.4 is 11.1 Å². The van der Waals surface area contributed by atoms with Crippen molar-refractivity contribution in [3.63, 3.8) is 0 Å². The predicted molar refractivity (Wildman–Crippen MR) is 50.6 cm³/mol. The van der Waals surface area contributed by atoms with Crippen molar-refractivity contribution in [2.75, 3.05) is 6.54 Å². The molecule has 2 unspecified atom stereocenters. The van der Waals surface area contributed by atoms with Crippen molar-refractivity contribution in [2.24, 2.45) is 11.7 Å². The molecule has 2 heteroatoms. The van der Waals surface area contributed by atoms with E-state index in [1.807, 2.05) is 0 Å². The summed E-state index contributed by atoms with van der Waals surface area (Å²) in [5, 5.41) is 3.44. The van der Waals surface area contributed by atoms with Gasteiger partial charge in [0.1, 0.15) is 0 Å². The maximum atomic E-state index is 5.49. The van der Waals surface area contributed by atoms with E-state index in [2.05, 4.69) is 33.0 Å². The van der Waals surface area contributed by atoms with Crippen molar-refractivity contribution in [1.82, 2.24) is 5.32 Å². The van der Waals surface area contributed by atoms with Gasteiger partial charge < -0.3 is 11.1 Å². The largest absolute Gasteiger partial charge is 0.329 e. The second kappa shape index (κ2) is 5.56. The van der Waals surface area contributed by atoms with Crippen LogP contribution in [0, 0.1) is 5.92 Å². The summed E-state index contributed by atoms with van der Waals surface area (Å²) in [6.45, 7) is 9.54. The monoisotopic (exact) mass is 158 g/mol. The maximum absolute atomic E-state index is 5.49. The zero-order valence-electron chi connectivity index (χ0n) is 8.22. The molecule has 2 nitrogen and oxygen atoms in total. The first-order chi connectivity index (χ1) is 5.06. The Morgan fingerprint density at radius 3 is 2.00 bits per heavy atom. The van der Waals surface area contributed by atoms with Gasteiger partial charge in [-0.3, -0.25) is 0 Å². The molecule has 0 aliphatic rings. The van der Waals surface area contributed by atoms with Crippen LogP contribution in [0.5, 0.6) is 0 Å². The molecular weight excluding hydrogens is 136 g/mol. The Labute approximate surface area is 70.5 Å². The van der Waals surface area contributed by atoms with Crippen molar-refractivity contribution in [1.29, 1.82) is 0 Å². The van der Waals surface area contributed by atoms with Crippen molar-refractivity contribution < 1.29 is 0 Å². The highest BCUT2D eigenvalue weighted by molar-refractivity contribution is 4.68. The van der Waals surface area contributed by atoms with Crippen LogP contribution in [-0.4, -0.2) is 18.6 Å². The summed E-state index contributed by atoms with van der Waals surface area (Å²) in [6, 6.07) is 1.04. The Bertz CT molecular complexity index is 91.6. The van der Waals surface area contributed by atoms with E-state index >= 15 is 0 Å². The standard InChI is InChI=1S/C9H22N2/c1-7(2)5-8(3)11-9(4)6-10/h7-9,11H,5-6,10H2,1-4H3. The molecule has 0 aliphatic heterocycles. The zero-order valence-corrected chi connectivity index (χ0v) is 8.22. The van der Waals surface area contributed by atoms with Gasteiger partial charge in [-0.1, -0.05) is 13.8 Å². The Hall–Kier alpha value is -0.0800. The summed E-state index contributed by atoms with van der Waals surface area (Å²) in [6.07, 6.45) is 1.23. The molecule has 11 heavy (non-hydrogen) atoms. The molecule has 0 saturated heterocycles. The van der Waals surface area contributed by atoms with Crippen LogP contribution >= 0.6 is 0 Å². The van der Waals surface area contributed by atoms with E-state index in [1.54, 1.807) is 0 Å². The van der Waals surface area contributed by atoms with Gasteiger partial charge in [-0.15, -0.1) is 0 Å². The second-order valence-electron chi connectivity index (χ2n) is 3.83. The minimum absolute atomic E-state index is 0.448. The molecule has 0 radical (unpaired) electrons. The minimum atomic E-state index is 0.448. The Morgan fingerprint density at radius 2 is 1.64 bits per heavy atom. The molecule has 0 amide bonds. The number of nitrogens with two attached hydrogens (primary N) is 1. The third-order valence-electron chi connectivity index (χ3n) is 1.75. The van der Waals surface area contributed by atoms with E-state index in [9.17, 15) is 0 Å². The average Bonchev–Trinajstić information content (AvgIpc) is 1.85. The van der Waals surface area contributed by atoms with Crippen LogP contribution in [0.25, 0.3) is 0 Å². The Kier molecular flexibility index (Phi) is 5.51. The third kappa shape index (κ3) is 6.32. The van der Waals surface area contributed by atoms with Gasteiger partial charge >= 0.3 is 0 Å². The number of nitrogens with one attached hydrogen (secondary N) is 1. The zero-order chi connectivity index (χ0) is 8.85. The lowest BCUT2D eigenvalue weighted by Gasteiger charge is -2.19. The Morgan fingerprint density at radius 1 is 1.09 bits per heavy atom.